The third-order valence-electron chi connectivity index (χ3n) is 5.60. The predicted molar refractivity (Wildman–Crippen MR) is 126 cm³/mol. The van der Waals surface area contributed by atoms with Crippen LogP contribution in [-0.2, 0) is 71.4 Å². The first-order valence-electron chi connectivity index (χ1n) is 12.4. The lowest BCUT2D eigenvalue weighted by atomic mass is 9.97. The van der Waals surface area contributed by atoms with Gasteiger partial charge in [-0.1, -0.05) is 0 Å². The van der Waals surface area contributed by atoms with Crippen molar-refractivity contribution in [3.8, 4) is 0 Å². The maximum absolute atomic E-state index is 12.0. The quantitative estimate of drug-likeness (QED) is 0.206. The van der Waals surface area contributed by atoms with Gasteiger partial charge >= 0.3 is 35.8 Å². The molecule has 2 rings (SSSR count). The van der Waals surface area contributed by atoms with Crippen molar-refractivity contribution in [1.82, 2.24) is 0 Å². The Morgan fingerprint density at radius 2 is 0.976 bits per heavy atom. The van der Waals surface area contributed by atoms with Crippen LogP contribution in [0, 0.1) is 0 Å². The molecule has 2 aliphatic rings. The number of ether oxygens (including phenoxy) is 9. The summed E-state index contributed by atoms with van der Waals surface area (Å²) in [6, 6.07) is 0. The van der Waals surface area contributed by atoms with Gasteiger partial charge in [0.15, 0.2) is 24.6 Å². The second-order valence-corrected chi connectivity index (χ2v) is 9.11. The lowest BCUT2D eigenvalue weighted by Crippen LogP contribution is -2.64. The van der Waals surface area contributed by atoms with Gasteiger partial charge in [-0.05, 0) is 0 Å². The monoisotopic (exact) mass is 594 g/mol. The van der Waals surface area contributed by atoms with Crippen molar-refractivity contribution in [2.75, 3.05) is 13.2 Å². The van der Waals surface area contributed by atoms with E-state index in [0.717, 1.165) is 41.5 Å². The molecule has 2 saturated heterocycles. The van der Waals surface area contributed by atoms with Gasteiger partial charge in [-0.25, -0.2) is 0 Å². The number of carbonyl (C=O) groups excluding carboxylic acids is 6. The van der Waals surface area contributed by atoms with Gasteiger partial charge in [0.2, 0.25) is 12.4 Å². The van der Waals surface area contributed by atoms with Crippen molar-refractivity contribution >= 4 is 35.8 Å². The van der Waals surface area contributed by atoms with Crippen LogP contribution in [0.1, 0.15) is 41.5 Å². The normalized spacial score (nSPS) is 33.1. The van der Waals surface area contributed by atoms with Crippen LogP contribution in [0.5, 0.6) is 0 Å². The van der Waals surface area contributed by atoms with Gasteiger partial charge < -0.3 is 52.8 Å². The Morgan fingerprint density at radius 1 is 0.512 bits per heavy atom. The van der Waals surface area contributed by atoms with Crippen LogP contribution in [0.2, 0.25) is 0 Å². The molecule has 2 heterocycles. The van der Waals surface area contributed by atoms with E-state index >= 15 is 0 Å². The third kappa shape index (κ3) is 9.89. The fourth-order valence-electron chi connectivity index (χ4n) is 4.13. The molecule has 2 N–H and O–H groups in total. The second-order valence-electron chi connectivity index (χ2n) is 9.11. The Morgan fingerprint density at radius 3 is 1.49 bits per heavy atom. The lowest BCUT2D eigenvalue weighted by molar-refractivity contribution is -0.329. The van der Waals surface area contributed by atoms with Crippen LogP contribution >= 0.6 is 0 Å². The smallest absolute Gasteiger partial charge is 0.305 e. The van der Waals surface area contributed by atoms with Crippen LogP contribution < -0.4 is 0 Å². The van der Waals surface area contributed by atoms with E-state index in [1.165, 1.54) is 0 Å². The Bertz CT molecular complexity index is 979. The molecule has 0 amide bonds. The van der Waals surface area contributed by atoms with Gasteiger partial charge in [0, 0.05) is 41.5 Å². The summed E-state index contributed by atoms with van der Waals surface area (Å²) < 4.78 is 47.9. The van der Waals surface area contributed by atoms with Crippen molar-refractivity contribution in [2.45, 2.75) is 103 Å². The third-order valence-corrected chi connectivity index (χ3v) is 5.60. The lowest BCUT2D eigenvalue weighted by Gasteiger charge is -2.45. The summed E-state index contributed by atoms with van der Waals surface area (Å²) in [6.45, 7) is 5.17. The first-order chi connectivity index (χ1) is 19.1. The molecular formula is C24H34O17. The first-order valence-corrected chi connectivity index (χ1v) is 12.4. The van der Waals surface area contributed by atoms with Gasteiger partial charge in [0.25, 0.3) is 0 Å². The molecule has 5 unspecified atom stereocenters. The van der Waals surface area contributed by atoms with Gasteiger partial charge in [0.05, 0.1) is 6.61 Å². The largest absolute Gasteiger partial charge is 0.463 e. The van der Waals surface area contributed by atoms with Crippen LogP contribution in [0.4, 0.5) is 0 Å². The van der Waals surface area contributed by atoms with Crippen LogP contribution in [0.25, 0.3) is 0 Å². The van der Waals surface area contributed by atoms with Gasteiger partial charge in [-0.2, -0.15) is 0 Å². The molecular weight excluding hydrogens is 560 g/mol. The van der Waals surface area contributed by atoms with Crippen molar-refractivity contribution in [1.29, 1.82) is 0 Å². The molecule has 0 radical (unpaired) electrons. The average molecular weight is 595 g/mol. The molecule has 41 heavy (non-hydrogen) atoms. The Balaban J connectivity index is 2.40. The molecule has 17 heteroatoms. The van der Waals surface area contributed by atoms with Crippen molar-refractivity contribution < 1.29 is 81.6 Å². The molecule has 0 aromatic carbocycles. The summed E-state index contributed by atoms with van der Waals surface area (Å²) in [5.41, 5.74) is 0. The topological polar surface area (TPSA) is 226 Å². The second kappa shape index (κ2) is 15.0. The summed E-state index contributed by atoms with van der Waals surface area (Å²) in [5.74, 6) is -5.03. The predicted octanol–water partition coefficient (Wildman–Crippen LogP) is -1.97. The van der Waals surface area contributed by atoms with E-state index in [1.54, 1.807) is 0 Å². The summed E-state index contributed by atoms with van der Waals surface area (Å²) >= 11 is 0. The molecule has 0 saturated carbocycles. The van der Waals surface area contributed by atoms with Gasteiger partial charge in [-0.15, -0.1) is 0 Å². The maximum Gasteiger partial charge on any atom is 0.305 e. The number of rotatable bonds is 10. The van der Waals surface area contributed by atoms with E-state index in [9.17, 15) is 39.0 Å². The Kier molecular flexibility index (Phi) is 12.4. The molecule has 2 fully saturated rings. The highest BCUT2D eigenvalue weighted by Gasteiger charge is 2.54. The van der Waals surface area contributed by atoms with Crippen LogP contribution in [0.15, 0.2) is 0 Å². The Labute approximate surface area is 234 Å². The van der Waals surface area contributed by atoms with E-state index in [-0.39, 0.29) is 0 Å². The van der Waals surface area contributed by atoms with E-state index in [1.807, 2.05) is 0 Å². The number of aliphatic hydroxyl groups is 2. The minimum atomic E-state index is -1.76. The molecule has 0 bridgehead atoms. The summed E-state index contributed by atoms with van der Waals surface area (Å²) in [5, 5.41) is 21.0. The molecule has 0 aromatic rings. The highest BCUT2D eigenvalue weighted by molar-refractivity contribution is 5.69. The summed E-state index contributed by atoms with van der Waals surface area (Å²) in [4.78, 5) is 70.4. The van der Waals surface area contributed by atoms with Crippen LogP contribution in [-0.4, -0.2) is 121 Å². The van der Waals surface area contributed by atoms with Crippen molar-refractivity contribution in [3.63, 3.8) is 0 Å². The number of carbonyl (C=O) groups is 6. The number of hydrogen-bond donors (Lipinski definition) is 2. The number of aliphatic hydroxyl groups excluding tert-OH is 2. The van der Waals surface area contributed by atoms with Crippen molar-refractivity contribution in [2.24, 2.45) is 0 Å². The Hall–Kier alpha value is -3.38. The highest BCUT2D eigenvalue weighted by Crippen LogP contribution is 2.31. The molecule has 10 atom stereocenters. The molecule has 0 spiro atoms. The SMILES string of the molecule is CC(=O)OCC1O[C@H](OCC2OC(OC(C)=O)[C@@H](OC(C)=O)C(OC(C)=O)[C@@H]2OC(C)=O)C(OC(C)=O)[C@@H](O)[C@H]1O. The highest BCUT2D eigenvalue weighted by atomic mass is 16.8. The zero-order valence-corrected chi connectivity index (χ0v) is 23.2. The van der Waals surface area contributed by atoms with E-state index < -0.39 is 110 Å². The first kappa shape index (κ1) is 33.8. The molecule has 2 aliphatic heterocycles. The fourth-order valence-corrected chi connectivity index (χ4v) is 4.13. The van der Waals surface area contributed by atoms with Gasteiger partial charge in [-0.3, -0.25) is 28.8 Å². The molecule has 0 aromatic heterocycles. The van der Waals surface area contributed by atoms with E-state index in [2.05, 4.69) is 0 Å². The number of esters is 6. The van der Waals surface area contributed by atoms with E-state index in [0.29, 0.717) is 0 Å². The zero-order chi connectivity index (χ0) is 31.0. The van der Waals surface area contributed by atoms with Crippen molar-refractivity contribution in [3.05, 3.63) is 0 Å². The minimum Gasteiger partial charge on any atom is -0.463 e. The average Bonchev–Trinajstić information content (AvgIpc) is 2.83. The van der Waals surface area contributed by atoms with E-state index in [4.69, 9.17) is 42.6 Å². The van der Waals surface area contributed by atoms with Gasteiger partial charge in [0.1, 0.15) is 31.0 Å². The maximum atomic E-state index is 12.0. The fraction of sp³-hybridized carbons (Fsp3) is 0.750. The number of hydrogen-bond acceptors (Lipinski definition) is 17. The van der Waals surface area contributed by atoms with Crippen LogP contribution in [0.3, 0.4) is 0 Å². The molecule has 232 valence electrons. The zero-order valence-electron chi connectivity index (χ0n) is 23.2. The standard InChI is InChI=1S/C24H34O17/c1-9(25)33-7-15-17(31)18(32)20(36-11(3)27)23(40-15)34-8-16-19(35-10(2)26)21(37-12(4)28)22(38-13(5)29)24(41-16)39-14(6)30/h15-24,31-32H,7-8H2,1-6H3/t15?,16?,17-,18-,19+,20?,21?,22-,23-,24?/m0/s1. The molecule has 17 nitrogen and oxygen atoms in total. The molecule has 0 aliphatic carbocycles. The summed E-state index contributed by atoms with van der Waals surface area (Å²) in [6.07, 6.45) is -15.6. The minimum absolute atomic E-state index is 0.497. The summed E-state index contributed by atoms with van der Waals surface area (Å²) in [7, 11) is 0.